The van der Waals surface area contributed by atoms with Gasteiger partial charge in [0.05, 0.1) is 12.2 Å². The standard InChI is InChI=1S/C13H24N4O2/c1-4-6-13(3,18)8-15-11-10(14)12(17-9-16-11)19-7-5-2/h9,18H,4-8,14H2,1-3H3,(H,15,16,17). The Hall–Kier alpha value is -1.56. The van der Waals surface area contributed by atoms with Crippen molar-refractivity contribution in [2.45, 2.75) is 45.6 Å². The van der Waals surface area contributed by atoms with E-state index in [1.165, 1.54) is 6.33 Å². The molecular formula is C13H24N4O2. The van der Waals surface area contributed by atoms with Crippen LogP contribution in [0.25, 0.3) is 0 Å². The van der Waals surface area contributed by atoms with Crippen LogP contribution in [-0.2, 0) is 0 Å². The maximum Gasteiger partial charge on any atom is 0.242 e. The Labute approximate surface area is 114 Å². The number of ether oxygens (including phenoxy) is 1. The largest absolute Gasteiger partial charge is 0.476 e. The van der Waals surface area contributed by atoms with Gasteiger partial charge in [-0.05, 0) is 19.8 Å². The lowest BCUT2D eigenvalue weighted by Crippen LogP contribution is -2.33. The number of rotatable bonds is 8. The first-order valence-corrected chi connectivity index (χ1v) is 6.69. The topological polar surface area (TPSA) is 93.3 Å². The van der Waals surface area contributed by atoms with Gasteiger partial charge in [0.2, 0.25) is 5.88 Å². The number of hydrogen-bond donors (Lipinski definition) is 3. The fraction of sp³-hybridized carbons (Fsp3) is 0.692. The summed E-state index contributed by atoms with van der Waals surface area (Å²) in [5.41, 5.74) is 5.53. The van der Waals surface area contributed by atoms with Crippen molar-refractivity contribution in [2.75, 3.05) is 24.2 Å². The van der Waals surface area contributed by atoms with E-state index in [1.54, 1.807) is 6.92 Å². The number of hydrogen-bond acceptors (Lipinski definition) is 6. The molecule has 0 aliphatic rings. The summed E-state index contributed by atoms with van der Waals surface area (Å²) in [6.07, 6.45) is 3.92. The van der Waals surface area contributed by atoms with Crippen LogP contribution in [0.2, 0.25) is 0 Å². The SMILES string of the molecule is CCCOc1ncnc(NCC(C)(O)CCC)c1N. The Balaban J connectivity index is 2.68. The first-order chi connectivity index (χ1) is 9.00. The van der Waals surface area contributed by atoms with Crippen LogP contribution >= 0.6 is 0 Å². The van der Waals surface area contributed by atoms with E-state index >= 15 is 0 Å². The number of anilines is 2. The van der Waals surface area contributed by atoms with Crippen LogP contribution in [0, 0.1) is 0 Å². The molecule has 1 rings (SSSR count). The van der Waals surface area contributed by atoms with Gasteiger partial charge in [0.25, 0.3) is 0 Å². The molecule has 0 bridgehead atoms. The fourth-order valence-electron chi connectivity index (χ4n) is 1.74. The van der Waals surface area contributed by atoms with E-state index in [2.05, 4.69) is 15.3 Å². The third kappa shape index (κ3) is 4.90. The Bertz CT molecular complexity index is 396. The average molecular weight is 268 g/mol. The lowest BCUT2D eigenvalue weighted by molar-refractivity contribution is 0.0636. The third-order valence-electron chi connectivity index (χ3n) is 2.72. The summed E-state index contributed by atoms with van der Waals surface area (Å²) >= 11 is 0. The predicted octanol–water partition coefficient (Wildman–Crippen LogP) is 1.81. The molecule has 1 aromatic heterocycles. The van der Waals surface area contributed by atoms with Crippen molar-refractivity contribution in [1.29, 1.82) is 0 Å². The van der Waals surface area contributed by atoms with Gasteiger partial charge < -0.3 is 20.9 Å². The molecule has 108 valence electrons. The van der Waals surface area contributed by atoms with E-state index in [9.17, 15) is 5.11 Å². The Morgan fingerprint density at radius 3 is 2.74 bits per heavy atom. The lowest BCUT2D eigenvalue weighted by atomic mass is 10.0. The van der Waals surface area contributed by atoms with E-state index in [-0.39, 0.29) is 0 Å². The van der Waals surface area contributed by atoms with Crippen LogP contribution in [0.3, 0.4) is 0 Å². The van der Waals surface area contributed by atoms with Crippen molar-refractivity contribution in [3.63, 3.8) is 0 Å². The van der Waals surface area contributed by atoms with E-state index in [0.717, 1.165) is 12.8 Å². The summed E-state index contributed by atoms with van der Waals surface area (Å²) < 4.78 is 5.43. The monoisotopic (exact) mass is 268 g/mol. The van der Waals surface area contributed by atoms with Crippen LogP contribution in [0.4, 0.5) is 11.5 Å². The van der Waals surface area contributed by atoms with Gasteiger partial charge in [-0.3, -0.25) is 0 Å². The van der Waals surface area contributed by atoms with Gasteiger partial charge in [0.1, 0.15) is 12.0 Å². The molecule has 1 unspecified atom stereocenters. The number of aromatic nitrogens is 2. The first-order valence-electron chi connectivity index (χ1n) is 6.69. The molecule has 19 heavy (non-hydrogen) atoms. The molecule has 6 heteroatoms. The van der Waals surface area contributed by atoms with E-state index in [4.69, 9.17) is 10.5 Å². The molecular weight excluding hydrogens is 244 g/mol. The van der Waals surface area contributed by atoms with Crippen molar-refractivity contribution in [3.05, 3.63) is 6.33 Å². The molecule has 1 atom stereocenters. The number of nitrogens with one attached hydrogen (secondary N) is 1. The number of nitrogens with two attached hydrogens (primary N) is 1. The zero-order valence-corrected chi connectivity index (χ0v) is 11.9. The summed E-state index contributed by atoms with van der Waals surface area (Å²) in [6.45, 7) is 6.78. The normalized spacial score (nSPS) is 13.9. The fourth-order valence-corrected chi connectivity index (χ4v) is 1.74. The van der Waals surface area contributed by atoms with Crippen LogP contribution < -0.4 is 15.8 Å². The number of nitrogens with zero attached hydrogens (tertiary/aromatic N) is 2. The van der Waals surface area contributed by atoms with Crippen molar-refractivity contribution >= 4 is 11.5 Å². The molecule has 0 saturated heterocycles. The summed E-state index contributed by atoms with van der Waals surface area (Å²) in [7, 11) is 0. The molecule has 0 aromatic carbocycles. The second-order valence-corrected chi connectivity index (χ2v) is 4.89. The van der Waals surface area contributed by atoms with E-state index in [1.807, 2.05) is 13.8 Å². The van der Waals surface area contributed by atoms with Gasteiger partial charge in [-0.25, -0.2) is 4.98 Å². The van der Waals surface area contributed by atoms with Gasteiger partial charge in [-0.1, -0.05) is 20.3 Å². The molecule has 0 aliphatic carbocycles. The van der Waals surface area contributed by atoms with Gasteiger partial charge in [0, 0.05) is 6.54 Å². The maximum atomic E-state index is 10.1. The molecule has 1 aromatic rings. The molecule has 4 N–H and O–H groups in total. The maximum absolute atomic E-state index is 10.1. The highest BCUT2D eigenvalue weighted by molar-refractivity contribution is 5.66. The number of aliphatic hydroxyl groups is 1. The van der Waals surface area contributed by atoms with Crippen LogP contribution in [0.5, 0.6) is 5.88 Å². The molecule has 0 radical (unpaired) electrons. The zero-order valence-electron chi connectivity index (χ0n) is 11.9. The minimum absolute atomic E-state index is 0.378. The molecule has 1 heterocycles. The second-order valence-electron chi connectivity index (χ2n) is 4.89. The Kier molecular flexibility index (Phi) is 5.82. The molecule has 0 spiro atoms. The van der Waals surface area contributed by atoms with Gasteiger partial charge in [-0.2, -0.15) is 4.98 Å². The highest BCUT2D eigenvalue weighted by Crippen LogP contribution is 2.25. The van der Waals surface area contributed by atoms with Crippen molar-refractivity contribution in [3.8, 4) is 5.88 Å². The van der Waals surface area contributed by atoms with Crippen molar-refractivity contribution in [2.24, 2.45) is 0 Å². The van der Waals surface area contributed by atoms with E-state index < -0.39 is 5.60 Å². The minimum Gasteiger partial charge on any atom is -0.476 e. The Morgan fingerprint density at radius 1 is 1.37 bits per heavy atom. The van der Waals surface area contributed by atoms with E-state index in [0.29, 0.717) is 37.0 Å². The Morgan fingerprint density at radius 2 is 2.11 bits per heavy atom. The zero-order chi connectivity index (χ0) is 14.3. The molecule has 0 aliphatic heterocycles. The summed E-state index contributed by atoms with van der Waals surface area (Å²) in [6, 6.07) is 0. The van der Waals surface area contributed by atoms with Gasteiger partial charge >= 0.3 is 0 Å². The average Bonchev–Trinajstić information content (AvgIpc) is 2.36. The lowest BCUT2D eigenvalue weighted by Gasteiger charge is -2.23. The third-order valence-corrected chi connectivity index (χ3v) is 2.72. The molecule has 0 saturated carbocycles. The van der Waals surface area contributed by atoms with Crippen molar-refractivity contribution < 1.29 is 9.84 Å². The van der Waals surface area contributed by atoms with Gasteiger partial charge in [-0.15, -0.1) is 0 Å². The van der Waals surface area contributed by atoms with Crippen LogP contribution in [0.1, 0.15) is 40.0 Å². The molecule has 6 nitrogen and oxygen atoms in total. The highest BCUT2D eigenvalue weighted by atomic mass is 16.5. The first kappa shape index (κ1) is 15.5. The molecule has 0 amide bonds. The van der Waals surface area contributed by atoms with Crippen LogP contribution in [0.15, 0.2) is 6.33 Å². The van der Waals surface area contributed by atoms with Crippen molar-refractivity contribution in [1.82, 2.24) is 9.97 Å². The predicted molar refractivity (Wildman–Crippen MR) is 76.3 cm³/mol. The summed E-state index contributed by atoms with van der Waals surface area (Å²) in [5, 5.41) is 13.1. The minimum atomic E-state index is -0.781. The second kappa shape index (κ2) is 7.13. The smallest absolute Gasteiger partial charge is 0.242 e. The summed E-state index contributed by atoms with van der Waals surface area (Å²) in [4.78, 5) is 8.07. The number of nitrogen functional groups attached to an aromatic ring is 1. The highest BCUT2D eigenvalue weighted by Gasteiger charge is 2.20. The quantitative estimate of drug-likeness (QED) is 0.666. The molecule has 0 fully saturated rings. The van der Waals surface area contributed by atoms with Crippen LogP contribution in [-0.4, -0.2) is 33.8 Å². The summed E-state index contributed by atoms with van der Waals surface area (Å²) in [5.74, 6) is 0.881. The van der Waals surface area contributed by atoms with Gasteiger partial charge in [0.15, 0.2) is 5.82 Å².